The summed E-state index contributed by atoms with van der Waals surface area (Å²) < 4.78 is 17.9. The first-order valence-corrected chi connectivity index (χ1v) is 46.8. The van der Waals surface area contributed by atoms with Gasteiger partial charge in [0.25, 0.3) is 0 Å². The number of fused-ring (bicyclic) bond motifs is 18. The molecule has 0 atom stereocenters. The Morgan fingerprint density at radius 1 is 0.297 bits per heavy atom. The number of benzene rings is 15. The van der Waals surface area contributed by atoms with Crippen molar-refractivity contribution in [3.63, 3.8) is 0 Å². The molecule has 0 aliphatic carbocycles. The summed E-state index contributed by atoms with van der Waals surface area (Å²) in [5.74, 6) is 3.44. The molecular formula is C116H75N16Pt3S3-3. The molecule has 0 saturated heterocycles. The summed E-state index contributed by atoms with van der Waals surface area (Å²) in [4.78, 5) is 27.6. The van der Waals surface area contributed by atoms with E-state index in [1.807, 2.05) is 185 Å². The van der Waals surface area contributed by atoms with Gasteiger partial charge in [0.05, 0.1) is 43.3 Å². The van der Waals surface area contributed by atoms with Crippen LogP contribution in [0, 0.1) is 43.1 Å². The average Bonchev–Trinajstić information content (AvgIpc) is 1.60. The molecule has 0 fully saturated rings. The predicted octanol–water partition coefficient (Wildman–Crippen LogP) is 29.5. The Hall–Kier alpha value is -15.0. The molecule has 1 aliphatic heterocycles. The molecule has 1 aliphatic rings. The molecule has 0 radical (unpaired) electrons. The predicted molar refractivity (Wildman–Crippen MR) is 559 cm³/mol. The third-order valence-corrected chi connectivity index (χ3v) is 28.6. The van der Waals surface area contributed by atoms with Crippen LogP contribution < -0.4 is 19.7 Å². The Morgan fingerprint density at radius 2 is 0.659 bits per heavy atom. The molecule has 0 spiro atoms. The van der Waals surface area contributed by atoms with E-state index in [-0.39, 0.29) is 63.2 Å². The Morgan fingerprint density at radius 3 is 1.04 bits per heavy atom. The summed E-state index contributed by atoms with van der Waals surface area (Å²) in [6.45, 7) is 1.94. The van der Waals surface area contributed by atoms with Gasteiger partial charge in [-0.15, -0.1) is 171 Å². The fraction of sp³-hybridized carbons (Fsp3) is 0.0259. The molecule has 0 unspecified atom stereocenters. The molecule has 138 heavy (non-hydrogen) atoms. The van der Waals surface area contributed by atoms with Gasteiger partial charge >= 0.3 is 42.1 Å². The fourth-order valence-electron chi connectivity index (χ4n) is 18.9. The Bertz CT molecular complexity index is 9130. The molecule has 15 aromatic carbocycles. The summed E-state index contributed by atoms with van der Waals surface area (Å²) in [6, 6.07) is 146. The maximum atomic E-state index is 4.74. The first kappa shape index (κ1) is 88.3. The number of hydrogen-bond acceptors (Lipinski definition) is 14. The van der Waals surface area contributed by atoms with Gasteiger partial charge in [-0.05, 0) is 126 Å². The monoisotopic (exact) mass is 2370 g/mol. The van der Waals surface area contributed by atoms with Crippen molar-refractivity contribution in [2.45, 2.75) is 0 Å². The summed E-state index contributed by atoms with van der Waals surface area (Å²) in [7, 11) is 5.91. The van der Waals surface area contributed by atoms with Gasteiger partial charge in [-0.2, -0.15) is 29.4 Å². The number of hydrogen-bond donors (Lipinski definition) is 0. The Labute approximate surface area is 849 Å². The van der Waals surface area contributed by atoms with Crippen LogP contribution in [0.25, 0.3) is 166 Å². The van der Waals surface area contributed by atoms with Gasteiger partial charge in [0.15, 0.2) is 0 Å². The van der Waals surface area contributed by atoms with Gasteiger partial charge < -0.3 is 42.9 Å². The van der Waals surface area contributed by atoms with Gasteiger partial charge in [-0.3, -0.25) is 9.67 Å². The van der Waals surface area contributed by atoms with Gasteiger partial charge in [0.1, 0.15) is 17.5 Å². The summed E-state index contributed by atoms with van der Waals surface area (Å²) in [5.41, 5.74) is 18.5. The van der Waals surface area contributed by atoms with E-state index in [9.17, 15) is 0 Å². The molecule has 11 aromatic heterocycles. The number of imidazole rings is 1. The van der Waals surface area contributed by atoms with E-state index in [0.717, 1.165) is 146 Å². The number of para-hydroxylation sites is 3. The van der Waals surface area contributed by atoms with E-state index in [0.29, 0.717) is 0 Å². The van der Waals surface area contributed by atoms with Crippen LogP contribution >= 0.6 is 34.0 Å². The fourth-order valence-corrected chi connectivity index (χ4v) is 22.6. The number of rotatable bonds is 15. The standard InChI is InChI=1S/2C39H25N5S.C38H25N6S.3Pt/c1-42-23-21-33(41-42)26-10-8-11-27(24-26)43(35-16-9-14-32-31-13-3-5-17-37(31)45-39(32)35)28-19-20-30-29-12-2-4-15-34(29)44(36(30)25-28)38-18-6-7-22-40-38;1-42-23-22-41-39(42)26-10-8-11-27(24-26)43(34-16-9-14-32-31-13-3-5-17-36(31)45-38(32)34)28-19-20-30-29-12-2-4-15-33(29)44(35(30)25-28)37-18-6-7-21-40-37;1-41-24-40-42(25-41)26-10-8-11-27(22-26)43(34-16-9-14-32-31-13-3-5-17-36(31)45-38(32)34)28-19-20-30-29-12-2-4-15-33(29)44(35(30)23-28)37-18-6-7-21-39-37;;;/h2*2-23H,1H3;2-21,24-25H,1H3;;;/q2*-2;-3;;2*+2. The van der Waals surface area contributed by atoms with Crippen LogP contribution in [0.15, 0.2) is 394 Å². The average molecular weight is 2370 g/mol. The molecule has 16 nitrogen and oxygen atoms in total. The molecular weight excluding hydrogens is 2300 g/mol. The van der Waals surface area contributed by atoms with Gasteiger partial charge in [-0.1, -0.05) is 215 Å². The quantitative estimate of drug-likeness (QED) is 0.0918. The van der Waals surface area contributed by atoms with E-state index >= 15 is 0 Å². The van der Waals surface area contributed by atoms with Gasteiger partial charge in [0, 0.05) is 141 Å². The minimum absolute atomic E-state index is 0. The van der Waals surface area contributed by atoms with Crippen molar-refractivity contribution in [2.75, 3.05) is 26.8 Å². The van der Waals surface area contributed by atoms with Crippen LogP contribution in [0.3, 0.4) is 0 Å². The van der Waals surface area contributed by atoms with Crippen LogP contribution in [0.4, 0.5) is 56.9 Å². The Balaban J connectivity index is 0.000000118. The molecule has 670 valence electrons. The molecule has 26 aromatic rings. The maximum Gasteiger partial charge on any atom is 2.00 e. The second-order valence-electron chi connectivity index (χ2n) is 33.1. The SMILES string of the molecule is CN1C=NN(c2[c-]c(N(c3[c-]c4c(cc3)c3ccccc3n4-c3ccccn3)c3cccc4c3sc3ccccc34)ccc2)[CH-]1.Cn1ccc(-c2[c-]c(N(c3[c-]c4c(cc3)c3ccccc3n4-c3ccccn3)c3cccc4c3sc3ccccc34)ccc2)n1.Cn1ccnc1-c1[c-]c(N(c2[c-]c3c(cc2)c2ccccc2n3-c2ccccn2)c2cccc3c2sc2ccccc23)ccc1.[Pt+2].[Pt+2].[Pt]. The summed E-state index contributed by atoms with van der Waals surface area (Å²) >= 11 is 5.45. The largest absolute Gasteiger partial charge is 2.00 e. The number of pyridine rings is 3. The van der Waals surface area contributed by atoms with Gasteiger partial charge in [0.2, 0.25) is 0 Å². The summed E-state index contributed by atoms with van der Waals surface area (Å²) in [6.07, 6.45) is 13.0. The van der Waals surface area contributed by atoms with Crippen molar-refractivity contribution >= 4 is 223 Å². The second kappa shape index (κ2) is 37.2. The third-order valence-electron chi connectivity index (χ3n) is 24.9. The third kappa shape index (κ3) is 15.6. The zero-order valence-electron chi connectivity index (χ0n) is 73.9. The van der Waals surface area contributed by atoms with Crippen molar-refractivity contribution in [1.29, 1.82) is 0 Å². The van der Waals surface area contributed by atoms with Crippen molar-refractivity contribution in [3.05, 3.63) is 432 Å². The van der Waals surface area contributed by atoms with E-state index in [1.165, 1.54) is 76.7 Å². The van der Waals surface area contributed by atoms with Gasteiger partial charge in [-0.25, -0.2) is 20.1 Å². The Kier molecular flexibility index (Phi) is 23.8. The van der Waals surface area contributed by atoms with Crippen LogP contribution in [-0.4, -0.2) is 66.3 Å². The molecule has 27 rings (SSSR count). The number of anilines is 10. The first-order valence-electron chi connectivity index (χ1n) is 44.4. The minimum atomic E-state index is 0. The summed E-state index contributed by atoms with van der Waals surface area (Å²) in [5, 5.41) is 25.4. The molecule has 0 N–H and O–H groups in total. The molecule has 0 saturated carbocycles. The molecule has 12 heterocycles. The van der Waals surface area contributed by atoms with Crippen molar-refractivity contribution < 1.29 is 63.2 Å². The minimum Gasteiger partial charge on any atom is -0.493 e. The normalized spacial score (nSPS) is 11.9. The van der Waals surface area contributed by atoms with E-state index in [1.54, 1.807) is 6.34 Å². The zero-order chi connectivity index (χ0) is 89.7. The van der Waals surface area contributed by atoms with E-state index in [4.69, 9.17) is 15.0 Å². The topological polar surface area (TPSA) is 118 Å². The van der Waals surface area contributed by atoms with E-state index in [2.05, 4.69) is 365 Å². The number of thiophene rings is 3. The van der Waals surface area contributed by atoms with Crippen LogP contribution in [0.2, 0.25) is 0 Å². The van der Waals surface area contributed by atoms with Crippen molar-refractivity contribution in [2.24, 2.45) is 19.2 Å². The van der Waals surface area contributed by atoms with Crippen molar-refractivity contribution in [1.82, 2.24) is 52.9 Å². The maximum absolute atomic E-state index is 4.74. The number of aromatic nitrogens is 10. The number of aryl methyl sites for hydroxylation is 2. The zero-order valence-corrected chi connectivity index (χ0v) is 83.2. The van der Waals surface area contributed by atoms with Crippen LogP contribution in [-0.2, 0) is 77.3 Å². The van der Waals surface area contributed by atoms with Crippen LogP contribution in [0.1, 0.15) is 0 Å². The first-order chi connectivity index (χ1) is 66.7. The number of hydrazone groups is 1. The van der Waals surface area contributed by atoms with Crippen molar-refractivity contribution in [3.8, 4) is 40.1 Å². The second-order valence-corrected chi connectivity index (χ2v) is 36.3. The van der Waals surface area contributed by atoms with Crippen LogP contribution in [0.5, 0.6) is 0 Å². The van der Waals surface area contributed by atoms with E-state index < -0.39 is 0 Å². The molecule has 0 bridgehead atoms. The number of nitrogens with zero attached hydrogens (tertiary/aromatic N) is 16. The molecule has 0 amide bonds. The molecule has 22 heteroatoms. The smallest absolute Gasteiger partial charge is 0.493 e.